The van der Waals surface area contributed by atoms with E-state index in [2.05, 4.69) is 14.7 Å². The van der Waals surface area contributed by atoms with Gasteiger partial charge >= 0.3 is 0 Å². The molecular weight excluding hydrogens is 413 g/mol. The molecule has 0 spiro atoms. The summed E-state index contributed by atoms with van der Waals surface area (Å²) in [5, 5.41) is 9.82. The Morgan fingerprint density at radius 3 is 2.48 bits per heavy atom. The zero-order chi connectivity index (χ0) is 21.2. The molecule has 0 atom stereocenters. The molecule has 2 aromatic heterocycles. The van der Waals surface area contributed by atoms with Gasteiger partial charge in [-0.15, -0.1) is 0 Å². The van der Waals surface area contributed by atoms with Gasteiger partial charge in [-0.3, -0.25) is 9.58 Å². The predicted molar refractivity (Wildman–Crippen MR) is 120 cm³/mol. The van der Waals surface area contributed by atoms with E-state index in [1.807, 2.05) is 59.7 Å². The second kappa shape index (κ2) is 8.65. The zero-order valence-corrected chi connectivity index (χ0v) is 17.8. The largest absolute Gasteiger partial charge is 0.299 e. The lowest BCUT2D eigenvalue weighted by atomic mass is 10.0. The van der Waals surface area contributed by atoms with Gasteiger partial charge in [0.15, 0.2) is 0 Å². The SMILES string of the molecule is Fc1ccccc1-c1nn(-c2ccc(Cl)cc2)cc1CN1CCC(n2cccn2)CC1. The summed E-state index contributed by atoms with van der Waals surface area (Å²) in [5.41, 5.74) is 3.11. The number of hydrogen-bond donors (Lipinski definition) is 0. The van der Waals surface area contributed by atoms with Crippen LogP contribution >= 0.6 is 11.6 Å². The van der Waals surface area contributed by atoms with Crippen LogP contribution in [-0.2, 0) is 6.54 Å². The Morgan fingerprint density at radius 2 is 1.77 bits per heavy atom. The molecule has 3 heterocycles. The van der Waals surface area contributed by atoms with Crippen LogP contribution in [-0.4, -0.2) is 37.6 Å². The molecule has 5 nitrogen and oxygen atoms in total. The highest BCUT2D eigenvalue weighted by Crippen LogP contribution is 2.29. The normalized spacial score (nSPS) is 15.4. The van der Waals surface area contributed by atoms with E-state index in [-0.39, 0.29) is 5.82 Å². The lowest BCUT2D eigenvalue weighted by Crippen LogP contribution is -2.34. The summed E-state index contributed by atoms with van der Waals surface area (Å²) < 4.78 is 18.5. The molecule has 0 saturated carbocycles. The van der Waals surface area contributed by atoms with E-state index in [4.69, 9.17) is 16.7 Å². The first-order valence-electron chi connectivity index (χ1n) is 10.5. The van der Waals surface area contributed by atoms with Gasteiger partial charge in [0.05, 0.1) is 11.7 Å². The smallest absolute Gasteiger partial charge is 0.132 e. The molecule has 2 aromatic carbocycles. The van der Waals surface area contributed by atoms with Gasteiger partial charge in [-0.25, -0.2) is 9.07 Å². The number of aromatic nitrogens is 4. The number of piperidine rings is 1. The van der Waals surface area contributed by atoms with E-state index in [0.717, 1.165) is 43.7 Å². The van der Waals surface area contributed by atoms with Crippen molar-refractivity contribution in [2.45, 2.75) is 25.4 Å². The Bertz CT molecular complexity index is 1150. The molecule has 0 bridgehead atoms. The molecule has 1 aliphatic rings. The van der Waals surface area contributed by atoms with Crippen LogP contribution in [0.1, 0.15) is 24.4 Å². The van der Waals surface area contributed by atoms with Gasteiger partial charge in [0.2, 0.25) is 0 Å². The molecule has 0 N–H and O–H groups in total. The Balaban J connectivity index is 1.42. The van der Waals surface area contributed by atoms with E-state index in [9.17, 15) is 4.39 Å². The minimum Gasteiger partial charge on any atom is -0.299 e. The van der Waals surface area contributed by atoms with Gasteiger partial charge in [0.25, 0.3) is 0 Å². The Hall–Kier alpha value is -2.96. The molecule has 0 unspecified atom stereocenters. The first-order chi connectivity index (χ1) is 15.2. The maximum atomic E-state index is 14.6. The van der Waals surface area contributed by atoms with E-state index in [1.54, 1.807) is 12.1 Å². The van der Waals surface area contributed by atoms with Crippen LogP contribution in [0.15, 0.2) is 73.2 Å². The third-order valence-corrected chi connectivity index (χ3v) is 6.11. The van der Waals surface area contributed by atoms with Crippen molar-refractivity contribution in [2.24, 2.45) is 0 Å². The zero-order valence-electron chi connectivity index (χ0n) is 17.0. The first kappa shape index (κ1) is 20.0. The average Bonchev–Trinajstić information content (AvgIpc) is 3.46. The molecule has 5 rings (SSSR count). The van der Waals surface area contributed by atoms with Crippen molar-refractivity contribution in [1.82, 2.24) is 24.5 Å². The van der Waals surface area contributed by atoms with Crippen LogP contribution in [0.25, 0.3) is 16.9 Å². The molecule has 31 heavy (non-hydrogen) atoms. The summed E-state index contributed by atoms with van der Waals surface area (Å²) in [6.07, 6.45) is 7.96. The van der Waals surface area contributed by atoms with Crippen LogP contribution in [0.3, 0.4) is 0 Å². The second-order valence-corrected chi connectivity index (χ2v) is 8.33. The maximum absolute atomic E-state index is 14.6. The molecule has 1 fully saturated rings. The Morgan fingerprint density at radius 1 is 1.00 bits per heavy atom. The van der Waals surface area contributed by atoms with Crippen molar-refractivity contribution in [3.05, 3.63) is 89.6 Å². The molecule has 1 saturated heterocycles. The number of hydrogen-bond acceptors (Lipinski definition) is 3. The van der Waals surface area contributed by atoms with Crippen molar-refractivity contribution >= 4 is 11.6 Å². The molecule has 158 valence electrons. The summed E-state index contributed by atoms with van der Waals surface area (Å²) >= 11 is 6.04. The third kappa shape index (κ3) is 4.27. The van der Waals surface area contributed by atoms with E-state index in [1.165, 1.54) is 6.07 Å². The van der Waals surface area contributed by atoms with Crippen LogP contribution < -0.4 is 0 Å². The van der Waals surface area contributed by atoms with E-state index in [0.29, 0.717) is 22.3 Å². The van der Waals surface area contributed by atoms with Crippen molar-refractivity contribution < 1.29 is 4.39 Å². The summed E-state index contributed by atoms with van der Waals surface area (Å²) in [4.78, 5) is 2.41. The topological polar surface area (TPSA) is 38.9 Å². The van der Waals surface area contributed by atoms with Crippen molar-refractivity contribution in [1.29, 1.82) is 0 Å². The van der Waals surface area contributed by atoms with Crippen LogP contribution in [0.4, 0.5) is 4.39 Å². The van der Waals surface area contributed by atoms with Gasteiger partial charge in [-0.2, -0.15) is 10.2 Å². The molecule has 0 radical (unpaired) electrons. The van der Waals surface area contributed by atoms with Crippen LogP contribution in [0, 0.1) is 5.82 Å². The highest BCUT2D eigenvalue weighted by Gasteiger charge is 2.23. The number of likely N-dealkylation sites (tertiary alicyclic amines) is 1. The summed E-state index contributed by atoms with van der Waals surface area (Å²) in [5.74, 6) is -0.262. The lowest BCUT2D eigenvalue weighted by Gasteiger charge is -2.32. The van der Waals surface area contributed by atoms with Gasteiger partial charge in [0, 0.05) is 54.4 Å². The minimum absolute atomic E-state index is 0.262. The summed E-state index contributed by atoms with van der Waals surface area (Å²) in [7, 11) is 0. The number of rotatable bonds is 5. The number of halogens is 2. The van der Waals surface area contributed by atoms with Crippen molar-refractivity contribution in [3.63, 3.8) is 0 Å². The fourth-order valence-corrected chi connectivity index (χ4v) is 4.34. The fraction of sp³-hybridized carbons (Fsp3) is 0.250. The first-order valence-corrected chi connectivity index (χ1v) is 10.9. The summed E-state index contributed by atoms with van der Waals surface area (Å²) in [6, 6.07) is 16.7. The highest BCUT2D eigenvalue weighted by molar-refractivity contribution is 6.30. The highest BCUT2D eigenvalue weighted by atomic mass is 35.5. The lowest BCUT2D eigenvalue weighted by molar-refractivity contribution is 0.173. The maximum Gasteiger partial charge on any atom is 0.132 e. The minimum atomic E-state index is -0.262. The van der Waals surface area contributed by atoms with Crippen molar-refractivity contribution in [3.8, 4) is 16.9 Å². The third-order valence-electron chi connectivity index (χ3n) is 5.86. The Kier molecular flexibility index (Phi) is 5.57. The van der Waals surface area contributed by atoms with Crippen LogP contribution in [0.2, 0.25) is 5.02 Å². The standard InChI is InChI=1S/C24H23ClFN5/c25-19-6-8-20(9-7-19)31-17-18(24(28-31)22-4-1-2-5-23(22)26)16-29-14-10-21(11-15-29)30-13-3-12-27-30/h1-9,12-13,17,21H,10-11,14-16H2. The van der Waals surface area contributed by atoms with Gasteiger partial charge in [-0.1, -0.05) is 23.7 Å². The monoisotopic (exact) mass is 435 g/mol. The molecular formula is C24H23ClFN5. The Labute approximate surface area is 185 Å². The van der Waals surface area contributed by atoms with E-state index < -0.39 is 0 Å². The van der Waals surface area contributed by atoms with Gasteiger partial charge in [0.1, 0.15) is 11.5 Å². The average molecular weight is 436 g/mol. The molecule has 7 heteroatoms. The van der Waals surface area contributed by atoms with E-state index >= 15 is 0 Å². The van der Waals surface area contributed by atoms with Gasteiger partial charge in [-0.05, 0) is 55.3 Å². The molecule has 0 aliphatic carbocycles. The second-order valence-electron chi connectivity index (χ2n) is 7.90. The number of nitrogens with zero attached hydrogens (tertiary/aromatic N) is 5. The molecule has 1 aliphatic heterocycles. The predicted octanol–water partition coefficient (Wildman–Crippen LogP) is 5.37. The fourth-order valence-electron chi connectivity index (χ4n) is 4.21. The summed E-state index contributed by atoms with van der Waals surface area (Å²) in [6.45, 7) is 2.66. The van der Waals surface area contributed by atoms with Crippen molar-refractivity contribution in [2.75, 3.05) is 13.1 Å². The number of benzene rings is 2. The quantitative estimate of drug-likeness (QED) is 0.423. The molecule has 0 amide bonds. The van der Waals surface area contributed by atoms with Gasteiger partial charge < -0.3 is 0 Å². The molecule has 4 aromatic rings. The van der Waals surface area contributed by atoms with Crippen LogP contribution in [0.5, 0.6) is 0 Å².